The maximum Gasteiger partial charge on any atom is 0.162 e. The van der Waals surface area contributed by atoms with Crippen LogP contribution in [0.5, 0.6) is 0 Å². The Hall–Kier alpha value is -0.670. The Labute approximate surface area is 125 Å². The minimum atomic E-state index is 0.209. The van der Waals surface area contributed by atoms with Gasteiger partial charge in [-0.3, -0.25) is 4.79 Å². The van der Waals surface area contributed by atoms with Crippen molar-refractivity contribution in [3.8, 4) is 0 Å². The lowest BCUT2D eigenvalue weighted by Crippen LogP contribution is -2.41. The number of hydrogen-bond acceptors (Lipinski definition) is 2. The molecule has 0 fully saturated rings. The van der Waals surface area contributed by atoms with Crippen LogP contribution in [0.15, 0.2) is 28.7 Å². The standard InChI is InChI=1S/C16H24BrNO/c1-5-16(2,3)18(4)12-6-7-15(19)13-8-10-14(17)11-9-13/h8-11H,5-7,12H2,1-4H3. The molecular weight excluding hydrogens is 302 g/mol. The maximum absolute atomic E-state index is 12.0. The summed E-state index contributed by atoms with van der Waals surface area (Å²) in [6.07, 6.45) is 2.64. The molecule has 0 N–H and O–H groups in total. The van der Waals surface area contributed by atoms with Gasteiger partial charge in [0.05, 0.1) is 0 Å². The molecule has 0 unspecified atom stereocenters. The fourth-order valence-electron chi connectivity index (χ4n) is 1.83. The van der Waals surface area contributed by atoms with E-state index < -0.39 is 0 Å². The molecule has 0 aromatic heterocycles. The van der Waals surface area contributed by atoms with E-state index in [2.05, 4.69) is 48.6 Å². The molecule has 0 aliphatic heterocycles. The summed E-state index contributed by atoms with van der Waals surface area (Å²) in [6, 6.07) is 7.59. The van der Waals surface area contributed by atoms with Crippen molar-refractivity contribution in [2.75, 3.05) is 13.6 Å². The number of ketones is 1. The Kier molecular flexibility index (Phi) is 6.21. The van der Waals surface area contributed by atoms with Crippen molar-refractivity contribution in [1.82, 2.24) is 4.90 Å². The molecule has 1 aromatic carbocycles. The van der Waals surface area contributed by atoms with Crippen molar-refractivity contribution < 1.29 is 4.79 Å². The van der Waals surface area contributed by atoms with Crippen LogP contribution in [-0.2, 0) is 0 Å². The van der Waals surface area contributed by atoms with Gasteiger partial charge in [0.15, 0.2) is 5.78 Å². The average Bonchev–Trinajstić information content (AvgIpc) is 2.39. The van der Waals surface area contributed by atoms with E-state index >= 15 is 0 Å². The van der Waals surface area contributed by atoms with E-state index in [1.165, 1.54) is 0 Å². The second kappa shape index (κ2) is 7.20. The van der Waals surface area contributed by atoms with Gasteiger partial charge in [-0.15, -0.1) is 0 Å². The normalized spacial score (nSPS) is 11.9. The largest absolute Gasteiger partial charge is 0.301 e. The van der Waals surface area contributed by atoms with Gasteiger partial charge in [0.1, 0.15) is 0 Å². The van der Waals surface area contributed by atoms with Crippen LogP contribution >= 0.6 is 15.9 Å². The first-order valence-corrected chi connectivity index (χ1v) is 7.66. The first-order valence-electron chi connectivity index (χ1n) is 6.87. The third-order valence-corrected chi connectivity index (χ3v) is 4.49. The zero-order chi connectivity index (χ0) is 14.5. The van der Waals surface area contributed by atoms with E-state index in [-0.39, 0.29) is 11.3 Å². The summed E-state index contributed by atoms with van der Waals surface area (Å²) in [5, 5.41) is 0. The Morgan fingerprint density at radius 1 is 1.26 bits per heavy atom. The number of carbonyl (C=O) groups is 1. The molecule has 0 radical (unpaired) electrons. The number of benzene rings is 1. The fraction of sp³-hybridized carbons (Fsp3) is 0.562. The van der Waals surface area contributed by atoms with Crippen LogP contribution in [0.25, 0.3) is 0 Å². The Morgan fingerprint density at radius 3 is 2.37 bits per heavy atom. The molecule has 0 atom stereocenters. The van der Waals surface area contributed by atoms with Crippen LogP contribution in [0.3, 0.4) is 0 Å². The summed E-state index contributed by atoms with van der Waals surface area (Å²) < 4.78 is 1.01. The predicted molar refractivity (Wildman–Crippen MR) is 84.7 cm³/mol. The van der Waals surface area contributed by atoms with E-state index in [1.807, 2.05) is 24.3 Å². The van der Waals surface area contributed by atoms with Gasteiger partial charge in [0, 0.05) is 22.0 Å². The Morgan fingerprint density at radius 2 is 1.84 bits per heavy atom. The first kappa shape index (κ1) is 16.4. The van der Waals surface area contributed by atoms with Gasteiger partial charge in [0.25, 0.3) is 0 Å². The number of Topliss-reactive ketones (excluding diaryl/α,β-unsaturated/α-hetero) is 1. The summed E-state index contributed by atoms with van der Waals surface area (Å²) in [4.78, 5) is 14.4. The maximum atomic E-state index is 12.0. The molecule has 1 aromatic rings. The van der Waals surface area contributed by atoms with E-state index in [4.69, 9.17) is 0 Å². The predicted octanol–water partition coefficient (Wildman–Crippen LogP) is 4.53. The van der Waals surface area contributed by atoms with Crippen molar-refractivity contribution in [3.05, 3.63) is 34.3 Å². The highest BCUT2D eigenvalue weighted by molar-refractivity contribution is 9.10. The molecule has 0 amide bonds. The molecule has 19 heavy (non-hydrogen) atoms. The average molecular weight is 326 g/mol. The highest BCUT2D eigenvalue weighted by atomic mass is 79.9. The van der Waals surface area contributed by atoms with Gasteiger partial charge in [-0.1, -0.05) is 35.0 Å². The van der Waals surface area contributed by atoms with Crippen molar-refractivity contribution in [2.45, 2.75) is 45.6 Å². The lowest BCUT2D eigenvalue weighted by Gasteiger charge is -2.34. The van der Waals surface area contributed by atoms with Gasteiger partial charge in [-0.2, -0.15) is 0 Å². The van der Waals surface area contributed by atoms with Gasteiger partial charge in [-0.25, -0.2) is 0 Å². The molecule has 1 rings (SSSR count). The molecule has 2 nitrogen and oxygen atoms in total. The fourth-order valence-corrected chi connectivity index (χ4v) is 2.09. The second-order valence-electron chi connectivity index (χ2n) is 5.62. The molecular formula is C16H24BrNO. The van der Waals surface area contributed by atoms with Crippen molar-refractivity contribution in [1.29, 1.82) is 0 Å². The number of carbonyl (C=O) groups excluding carboxylic acids is 1. The molecule has 106 valence electrons. The third-order valence-electron chi connectivity index (χ3n) is 3.96. The molecule has 0 saturated carbocycles. The number of halogens is 1. The number of nitrogens with zero attached hydrogens (tertiary/aromatic N) is 1. The lowest BCUT2D eigenvalue weighted by molar-refractivity contribution is 0.0961. The summed E-state index contributed by atoms with van der Waals surface area (Å²) >= 11 is 3.38. The highest BCUT2D eigenvalue weighted by Crippen LogP contribution is 2.17. The van der Waals surface area contributed by atoms with E-state index in [9.17, 15) is 4.79 Å². The van der Waals surface area contributed by atoms with E-state index in [0.717, 1.165) is 29.4 Å². The Balaban J connectivity index is 2.41. The summed E-state index contributed by atoms with van der Waals surface area (Å²) in [7, 11) is 2.13. The highest BCUT2D eigenvalue weighted by Gasteiger charge is 2.20. The summed E-state index contributed by atoms with van der Waals surface area (Å²) in [6.45, 7) is 7.64. The second-order valence-corrected chi connectivity index (χ2v) is 6.54. The van der Waals surface area contributed by atoms with Crippen LogP contribution in [0.2, 0.25) is 0 Å². The van der Waals surface area contributed by atoms with Crippen molar-refractivity contribution in [3.63, 3.8) is 0 Å². The minimum absolute atomic E-state index is 0.209. The molecule has 0 bridgehead atoms. The van der Waals surface area contributed by atoms with Crippen LogP contribution in [0, 0.1) is 0 Å². The lowest BCUT2D eigenvalue weighted by atomic mass is 9.99. The van der Waals surface area contributed by atoms with Crippen molar-refractivity contribution >= 4 is 21.7 Å². The van der Waals surface area contributed by atoms with Gasteiger partial charge >= 0.3 is 0 Å². The van der Waals surface area contributed by atoms with Crippen LogP contribution < -0.4 is 0 Å². The topological polar surface area (TPSA) is 20.3 Å². The minimum Gasteiger partial charge on any atom is -0.301 e. The van der Waals surface area contributed by atoms with Crippen LogP contribution in [0.4, 0.5) is 0 Å². The van der Waals surface area contributed by atoms with E-state index in [0.29, 0.717) is 6.42 Å². The summed E-state index contributed by atoms with van der Waals surface area (Å²) in [5.41, 5.74) is 1.02. The zero-order valence-corrected chi connectivity index (χ0v) is 14.0. The molecule has 3 heteroatoms. The molecule has 0 aliphatic rings. The molecule has 0 heterocycles. The smallest absolute Gasteiger partial charge is 0.162 e. The SMILES string of the molecule is CCC(C)(C)N(C)CCCC(=O)c1ccc(Br)cc1. The quantitative estimate of drug-likeness (QED) is 0.686. The number of hydrogen-bond donors (Lipinski definition) is 0. The van der Waals surface area contributed by atoms with Crippen molar-refractivity contribution in [2.24, 2.45) is 0 Å². The Bertz CT molecular complexity index is 411. The zero-order valence-electron chi connectivity index (χ0n) is 12.4. The molecule has 0 aliphatic carbocycles. The van der Waals surface area contributed by atoms with Gasteiger partial charge in [-0.05, 0) is 52.4 Å². The monoisotopic (exact) mass is 325 g/mol. The summed E-state index contributed by atoms with van der Waals surface area (Å²) in [5.74, 6) is 0.232. The molecule has 0 saturated heterocycles. The molecule has 0 spiro atoms. The third kappa shape index (κ3) is 5.07. The van der Waals surface area contributed by atoms with Crippen LogP contribution in [0.1, 0.15) is 50.4 Å². The first-order chi connectivity index (χ1) is 8.86. The van der Waals surface area contributed by atoms with Crippen LogP contribution in [-0.4, -0.2) is 29.8 Å². The van der Waals surface area contributed by atoms with E-state index in [1.54, 1.807) is 0 Å². The van der Waals surface area contributed by atoms with Gasteiger partial charge < -0.3 is 4.90 Å². The van der Waals surface area contributed by atoms with Gasteiger partial charge in [0.2, 0.25) is 0 Å². The number of rotatable bonds is 7.